The topological polar surface area (TPSA) is 9.23 Å². The summed E-state index contributed by atoms with van der Waals surface area (Å²) in [6.45, 7) is 3.68. The van der Waals surface area contributed by atoms with Crippen molar-refractivity contribution in [3.8, 4) is 5.75 Å². The smallest absolute Gasteiger partial charge is 0.138 e. The first-order chi connectivity index (χ1) is 13.4. The van der Waals surface area contributed by atoms with E-state index < -0.39 is 0 Å². The van der Waals surface area contributed by atoms with Crippen molar-refractivity contribution in [3.63, 3.8) is 0 Å². The van der Waals surface area contributed by atoms with Crippen LogP contribution >= 0.6 is 34.2 Å². The standard InChI is InChI=1S/C24H28ClINO/c1-4-28-24-13-12-22(17-23(24)25)27(2,3)14-6-5-7-18-8-9-20-16-21(26)11-10-19(20)15-18/h8-13,15-17H,4-7,14H2,1-3H3/q+1. The van der Waals surface area contributed by atoms with Gasteiger partial charge in [-0.1, -0.05) is 35.9 Å². The van der Waals surface area contributed by atoms with Gasteiger partial charge in [-0.2, -0.15) is 0 Å². The second kappa shape index (κ2) is 9.47. The zero-order valence-electron chi connectivity index (χ0n) is 16.8. The summed E-state index contributed by atoms with van der Waals surface area (Å²) in [6, 6.07) is 19.6. The Balaban J connectivity index is 1.56. The summed E-state index contributed by atoms with van der Waals surface area (Å²) in [6.07, 6.45) is 3.47. The minimum Gasteiger partial charge on any atom is -0.492 e. The fraction of sp³-hybridized carbons (Fsp3) is 0.333. The Labute approximate surface area is 187 Å². The van der Waals surface area contributed by atoms with Crippen molar-refractivity contribution >= 4 is 50.7 Å². The van der Waals surface area contributed by atoms with Gasteiger partial charge in [0, 0.05) is 15.7 Å². The summed E-state index contributed by atoms with van der Waals surface area (Å²) in [5.41, 5.74) is 2.64. The van der Waals surface area contributed by atoms with Crippen LogP contribution in [0.5, 0.6) is 5.75 Å². The largest absolute Gasteiger partial charge is 0.492 e. The lowest BCUT2D eigenvalue weighted by molar-refractivity contribution is 0.339. The maximum absolute atomic E-state index is 6.38. The number of hydrogen-bond acceptors (Lipinski definition) is 1. The Kier molecular flexibility index (Phi) is 7.24. The molecular formula is C24H28ClINO+. The van der Waals surface area contributed by atoms with E-state index in [4.69, 9.17) is 16.3 Å². The third kappa shape index (κ3) is 5.40. The van der Waals surface area contributed by atoms with Crippen LogP contribution in [0.2, 0.25) is 5.02 Å². The average Bonchev–Trinajstić information content (AvgIpc) is 2.67. The van der Waals surface area contributed by atoms with E-state index in [1.807, 2.05) is 19.1 Å². The average molecular weight is 509 g/mol. The lowest BCUT2D eigenvalue weighted by Gasteiger charge is -2.29. The van der Waals surface area contributed by atoms with Crippen LogP contribution in [0.1, 0.15) is 25.3 Å². The highest BCUT2D eigenvalue weighted by Gasteiger charge is 2.20. The maximum atomic E-state index is 6.38. The fourth-order valence-corrected chi connectivity index (χ4v) is 4.27. The summed E-state index contributed by atoms with van der Waals surface area (Å²) in [5, 5.41) is 3.34. The van der Waals surface area contributed by atoms with Crippen LogP contribution in [-0.2, 0) is 6.42 Å². The molecule has 0 heterocycles. The van der Waals surface area contributed by atoms with Gasteiger partial charge >= 0.3 is 0 Å². The number of hydrogen-bond donors (Lipinski definition) is 0. The molecule has 3 rings (SSSR count). The van der Waals surface area contributed by atoms with E-state index in [-0.39, 0.29) is 0 Å². The molecule has 0 radical (unpaired) electrons. The first-order valence-electron chi connectivity index (χ1n) is 9.83. The van der Waals surface area contributed by atoms with E-state index in [9.17, 15) is 0 Å². The molecule has 28 heavy (non-hydrogen) atoms. The molecule has 0 spiro atoms. The monoisotopic (exact) mass is 508 g/mol. The van der Waals surface area contributed by atoms with E-state index in [1.165, 1.54) is 38.4 Å². The molecule has 148 valence electrons. The summed E-state index contributed by atoms with van der Waals surface area (Å²) in [4.78, 5) is 0. The SMILES string of the molecule is CCOc1ccc([N+](C)(C)CCCCc2ccc3cc(I)ccc3c2)cc1Cl. The van der Waals surface area contributed by atoms with E-state index in [1.54, 1.807) is 0 Å². The van der Waals surface area contributed by atoms with Gasteiger partial charge in [-0.05, 0) is 83.3 Å². The minimum absolute atomic E-state index is 0.630. The molecule has 0 aliphatic rings. The summed E-state index contributed by atoms with van der Waals surface area (Å²) in [7, 11) is 4.48. The van der Waals surface area contributed by atoms with Crippen LogP contribution in [0, 0.1) is 3.57 Å². The zero-order valence-corrected chi connectivity index (χ0v) is 19.8. The summed E-state index contributed by atoms with van der Waals surface area (Å²) >= 11 is 8.74. The van der Waals surface area contributed by atoms with Gasteiger partial charge in [0.25, 0.3) is 0 Å². The van der Waals surface area contributed by atoms with Gasteiger partial charge in [0.15, 0.2) is 0 Å². The van der Waals surface area contributed by atoms with Crippen molar-refractivity contribution < 1.29 is 4.74 Å². The molecule has 0 N–H and O–H groups in total. The minimum atomic E-state index is 0.630. The number of quaternary nitrogens is 1. The van der Waals surface area contributed by atoms with E-state index in [0.29, 0.717) is 11.6 Å². The molecule has 0 saturated heterocycles. The van der Waals surface area contributed by atoms with Gasteiger partial charge in [-0.3, -0.25) is 4.48 Å². The number of halogens is 2. The molecule has 2 nitrogen and oxygen atoms in total. The van der Waals surface area contributed by atoms with Crippen molar-refractivity contribution in [2.45, 2.75) is 26.2 Å². The number of benzene rings is 3. The molecule has 0 bridgehead atoms. The van der Waals surface area contributed by atoms with Crippen LogP contribution in [0.15, 0.2) is 54.6 Å². The molecule has 0 atom stereocenters. The second-order valence-electron chi connectivity index (χ2n) is 7.74. The number of fused-ring (bicyclic) bond motifs is 1. The molecule has 3 aromatic rings. The maximum Gasteiger partial charge on any atom is 0.138 e. The number of nitrogens with zero attached hydrogens (tertiary/aromatic N) is 1. The summed E-state index contributed by atoms with van der Waals surface area (Å²) < 4.78 is 7.66. The van der Waals surface area contributed by atoms with Crippen LogP contribution in [-0.4, -0.2) is 27.2 Å². The van der Waals surface area contributed by atoms with Crippen molar-refractivity contribution in [1.82, 2.24) is 4.48 Å². The number of rotatable bonds is 8. The van der Waals surface area contributed by atoms with E-state index >= 15 is 0 Å². The third-order valence-corrected chi connectivity index (χ3v) is 6.18. The lowest BCUT2D eigenvalue weighted by atomic mass is 10.0. The molecular weight excluding hydrogens is 481 g/mol. The second-order valence-corrected chi connectivity index (χ2v) is 9.39. The molecule has 4 heteroatoms. The van der Waals surface area contributed by atoms with Crippen molar-refractivity contribution in [1.29, 1.82) is 0 Å². The summed E-state index contributed by atoms with van der Waals surface area (Å²) in [5.74, 6) is 0.763. The van der Waals surface area contributed by atoms with Gasteiger partial charge in [0.1, 0.15) is 11.4 Å². The van der Waals surface area contributed by atoms with Crippen LogP contribution in [0.3, 0.4) is 0 Å². The lowest BCUT2D eigenvalue weighted by Crippen LogP contribution is -2.41. The zero-order chi connectivity index (χ0) is 20.1. The molecule has 0 aliphatic heterocycles. The quantitative estimate of drug-likeness (QED) is 0.179. The highest BCUT2D eigenvalue weighted by atomic mass is 127. The van der Waals surface area contributed by atoms with Gasteiger partial charge in [-0.25, -0.2) is 0 Å². The van der Waals surface area contributed by atoms with Gasteiger partial charge < -0.3 is 4.74 Å². The van der Waals surface area contributed by atoms with Gasteiger partial charge in [0.05, 0.1) is 32.3 Å². The predicted octanol–water partition coefficient (Wildman–Crippen LogP) is 7.09. The molecule has 0 aliphatic carbocycles. The number of ether oxygens (including phenoxy) is 1. The molecule has 0 aromatic heterocycles. The Morgan fingerprint density at radius 3 is 2.43 bits per heavy atom. The Morgan fingerprint density at radius 2 is 1.68 bits per heavy atom. The fourth-order valence-electron chi connectivity index (χ4n) is 3.53. The Bertz CT molecular complexity index is 954. The third-order valence-electron chi connectivity index (χ3n) is 5.21. The normalized spacial score (nSPS) is 11.8. The number of aryl methyl sites for hydroxylation is 1. The first kappa shape index (κ1) is 21.4. The Morgan fingerprint density at radius 1 is 0.929 bits per heavy atom. The van der Waals surface area contributed by atoms with Gasteiger partial charge in [0.2, 0.25) is 0 Å². The predicted molar refractivity (Wildman–Crippen MR) is 131 cm³/mol. The Hall–Kier alpha value is -1.30. The van der Waals surface area contributed by atoms with Crippen molar-refractivity contribution in [2.24, 2.45) is 0 Å². The van der Waals surface area contributed by atoms with Crippen LogP contribution < -0.4 is 9.22 Å². The van der Waals surface area contributed by atoms with E-state index in [0.717, 1.165) is 23.2 Å². The number of unbranched alkanes of at least 4 members (excludes halogenated alkanes) is 1. The first-order valence-corrected chi connectivity index (χ1v) is 11.3. The van der Waals surface area contributed by atoms with Crippen molar-refractivity contribution in [2.75, 3.05) is 27.2 Å². The molecule has 0 unspecified atom stereocenters. The molecule has 3 aromatic carbocycles. The van der Waals surface area contributed by atoms with E-state index in [2.05, 4.69) is 79.2 Å². The van der Waals surface area contributed by atoms with Crippen LogP contribution in [0.25, 0.3) is 10.8 Å². The van der Waals surface area contributed by atoms with Crippen molar-refractivity contribution in [3.05, 3.63) is 68.8 Å². The highest BCUT2D eigenvalue weighted by Crippen LogP contribution is 2.31. The molecule has 0 saturated carbocycles. The van der Waals surface area contributed by atoms with Crippen LogP contribution in [0.4, 0.5) is 5.69 Å². The molecule has 0 amide bonds. The highest BCUT2D eigenvalue weighted by molar-refractivity contribution is 14.1. The van der Waals surface area contributed by atoms with Gasteiger partial charge in [-0.15, -0.1) is 0 Å². The molecule has 0 fully saturated rings.